The summed E-state index contributed by atoms with van der Waals surface area (Å²) in [6.45, 7) is 3.00. The summed E-state index contributed by atoms with van der Waals surface area (Å²) in [5.74, 6) is -0.721. The van der Waals surface area contributed by atoms with Crippen molar-refractivity contribution in [1.82, 2.24) is 5.32 Å². The highest BCUT2D eigenvalue weighted by Gasteiger charge is 2.48. The fourth-order valence-electron chi connectivity index (χ4n) is 6.36. The van der Waals surface area contributed by atoms with E-state index in [0.29, 0.717) is 12.8 Å². The van der Waals surface area contributed by atoms with E-state index in [1.807, 2.05) is 6.92 Å². The maximum atomic E-state index is 12.9. The molecule has 0 spiro atoms. The minimum atomic E-state index is -5.11. The first-order chi connectivity index (χ1) is 26.4. The van der Waals surface area contributed by atoms with Crippen LogP contribution in [0, 0.1) is 0 Å². The molecule has 55 heavy (non-hydrogen) atoms. The Balaban J connectivity index is 2.38. The summed E-state index contributed by atoms with van der Waals surface area (Å²) < 4.78 is 47.0. The van der Waals surface area contributed by atoms with Gasteiger partial charge in [0, 0.05) is 0 Å². The van der Waals surface area contributed by atoms with E-state index in [0.717, 1.165) is 57.8 Å². The molecule has 8 unspecified atom stereocenters. The molecule has 0 radical (unpaired) electrons. The summed E-state index contributed by atoms with van der Waals surface area (Å²) in [4.78, 5) is 12.9. The Bertz CT molecular complexity index is 1150. The molecule has 1 fully saturated rings. The number of carbonyl (C=O) groups is 1. The molecule has 7 N–H and O–H groups in total. The van der Waals surface area contributed by atoms with Crippen molar-refractivity contribution in [3.63, 3.8) is 0 Å². The van der Waals surface area contributed by atoms with Gasteiger partial charge in [0.1, 0.15) is 30.5 Å². The molecule has 0 aromatic rings. The predicted molar refractivity (Wildman–Crippen MR) is 214 cm³/mol. The summed E-state index contributed by atoms with van der Waals surface area (Å²) in [6.07, 6.45) is 24.8. The molecule has 0 aliphatic carbocycles. The highest BCUT2D eigenvalue weighted by molar-refractivity contribution is 7.80. The lowest BCUT2D eigenvalue weighted by Crippen LogP contribution is -2.61. The number of unbranched alkanes of at least 4 members (excludes halogenated alkanes) is 17. The Kier molecular flexibility index (Phi) is 30.1. The van der Waals surface area contributed by atoms with Crippen LogP contribution in [0.25, 0.3) is 0 Å². The van der Waals surface area contributed by atoms with Crippen LogP contribution in [0.3, 0.4) is 0 Å². The van der Waals surface area contributed by atoms with Crippen molar-refractivity contribution in [2.24, 2.45) is 0 Å². The van der Waals surface area contributed by atoms with Gasteiger partial charge in [-0.05, 0) is 44.9 Å². The molecule has 13 nitrogen and oxygen atoms in total. The zero-order valence-electron chi connectivity index (χ0n) is 33.6. The van der Waals surface area contributed by atoms with E-state index in [1.54, 1.807) is 6.08 Å². The zero-order chi connectivity index (χ0) is 40.7. The number of hydrogen-bond acceptors (Lipinski definition) is 11. The number of allylic oxidation sites excluding steroid dienone is 5. The van der Waals surface area contributed by atoms with E-state index in [2.05, 4.69) is 40.7 Å². The highest BCUT2D eigenvalue weighted by Crippen LogP contribution is 2.26. The quantitative estimate of drug-likeness (QED) is 0.0223. The van der Waals surface area contributed by atoms with Gasteiger partial charge >= 0.3 is 10.4 Å². The number of aliphatic hydroxyl groups is 5. The average molecular weight is 806 g/mol. The lowest BCUT2D eigenvalue weighted by atomic mass is 9.99. The second-order valence-electron chi connectivity index (χ2n) is 14.7. The molecule has 1 aliphatic rings. The van der Waals surface area contributed by atoms with Crippen LogP contribution in [0.2, 0.25) is 0 Å². The molecule has 1 aliphatic heterocycles. The highest BCUT2D eigenvalue weighted by atomic mass is 32.3. The molecule has 14 heteroatoms. The molecule has 0 bridgehead atoms. The fraction of sp³-hybridized carbons (Fsp3) is 0.829. The molecule has 1 saturated heterocycles. The van der Waals surface area contributed by atoms with Crippen LogP contribution in [-0.4, -0.2) is 107 Å². The van der Waals surface area contributed by atoms with Crippen LogP contribution >= 0.6 is 0 Å². The normalized spacial score (nSPS) is 22.5. The Hall–Kier alpha value is -1.72. The van der Waals surface area contributed by atoms with Crippen molar-refractivity contribution in [2.45, 2.75) is 204 Å². The molecule has 0 aromatic heterocycles. The first kappa shape index (κ1) is 51.3. The van der Waals surface area contributed by atoms with E-state index < -0.39 is 78.5 Å². The van der Waals surface area contributed by atoms with Crippen LogP contribution in [-0.2, 0) is 28.9 Å². The van der Waals surface area contributed by atoms with Crippen molar-refractivity contribution in [1.29, 1.82) is 0 Å². The van der Waals surface area contributed by atoms with Crippen molar-refractivity contribution in [3.05, 3.63) is 36.5 Å². The lowest BCUT2D eigenvalue weighted by Gasteiger charge is -2.41. The molecule has 0 aromatic carbocycles. The van der Waals surface area contributed by atoms with Gasteiger partial charge < -0.3 is 40.3 Å². The molecule has 8 atom stereocenters. The summed E-state index contributed by atoms with van der Waals surface area (Å²) >= 11 is 0. The second-order valence-corrected chi connectivity index (χ2v) is 15.8. The van der Waals surface area contributed by atoms with E-state index in [-0.39, 0.29) is 6.42 Å². The van der Waals surface area contributed by atoms with Gasteiger partial charge in [-0.15, -0.1) is 0 Å². The third-order valence-corrected chi connectivity index (χ3v) is 10.2. The minimum Gasteiger partial charge on any atom is -0.394 e. The molecule has 0 saturated carbocycles. The maximum Gasteiger partial charge on any atom is 0.397 e. The Morgan fingerprint density at radius 2 is 1.27 bits per heavy atom. The molecule has 1 amide bonds. The third-order valence-electron chi connectivity index (χ3n) is 9.77. The van der Waals surface area contributed by atoms with Crippen molar-refractivity contribution < 1.29 is 57.0 Å². The van der Waals surface area contributed by atoms with Crippen molar-refractivity contribution in [2.75, 3.05) is 13.2 Å². The maximum absolute atomic E-state index is 12.9. The molecule has 322 valence electrons. The van der Waals surface area contributed by atoms with Crippen LogP contribution in [0.5, 0.6) is 0 Å². The molecular weight excluding hydrogens is 731 g/mol. The Labute approximate surface area is 331 Å². The summed E-state index contributed by atoms with van der Waals surface area (Å²) in [5, 5.41) is 54.4. The standard InChI is InChI=1S/C41H75NO12S/c1-3-5-7-9-10-11-12-13-14-15-16-17-18-19-20-21-22-23-24-25-26-28-30-35(45)40(48)42-33(34(44)29-27-8-6-4-2)32-52-41-38(47)39(54-55(49,50)51)37(46)36(31-43)53-41/h16-17,19-20,27,29,33-39,41,43-47H,3-15,18,21-26,28,30-32H2,1-2H3,(H,42,48)(H,49,50,51)/b17-16-,20-19-,29-27+. The Morgan fingerprint density at radius 3 is 1.82 bits per heavy atom. The number of ether oxygens (including phenoxy) is 2. The second kappa shape index (κ2) is 32.3. The molecule has 1 rings (SSSR count). The smallest absolute Gasteiger partial charge is 0.394 e. The molecular formula is C41H75NO12S. The van der Waals surface area contributed by atoms with E-state index >= 15 is 0 Å². The number of nitrogens with one attached hydrogen (secondary N) is 1. The minimum absolute atomic E-state index is 0.229. The van der Waals surface area contributed by atoms with Crippen LogP contribution in [0.15, 0.2) is 36.5 Å². The van der Waals surface area contributed by atoms with Gasteiger partial charge in [-0.3, -0.25) is 9.35 Å². The fourth-order valence-corrected chi connectivity index (χ4v) is 6.87. The average Bonchev–Trinajstić information content (AvgIpc) is 3.15. The van der Waals surface area contributed by atoms with Crippen LogP contribution < -0.4 is 5.32 Å². The number of carbonyl (C=O) groups excluding carboxylic acids is 1. The van der Waals surface area contributed by atoms with Crippen LogP contribution in [0.4, 0.5) is 0 Å². The van der Waals surface area contributed by atoms with Crippen molar-refractivity contribution in [3.8, 4) is 0 Å². The largest absolute Gasteiger partial charge is 0.397 e. The van der Waals surface area contributed by atoms with Gasteiger partial charge in [-0.1, -0.05) is 147 Å². The van der Waals surface area contributed by atoms with Gasteiger partial charge in [0.15, 0.2) is 6.29 Å². The predicted octanol–water partition coefficient (Wildman–Crippen LogP) is 6.13. The topological polar surface area (TPSA) is 212 Å². The van der Waals surface area contributed by atoms with Gasteiger partial charge in [0.2, 0.25) is 5.91 Å². The van der Waals surface area contributed by atoms with E-state index in [4.69, 9.17) is 14.0 Å². The molecule has 1 heterocycles. The third kappa shape index (κ3) is 25.3. The lowest BCUT2D eigenvalue weighted by molar-refractivity contribution is -0.298. The van der Waals surface area contributed by atoms with Gasteiger partial charge in [-0.2, -0.15) is 8.42 Å². The van der Waals surface area contributed by atoms with E-state index in [9.17, 15) is 38.7 Å². The summed E-state index contributed by atoms with van der Waals surface area (Å²) in [5.41, 5.74) is 0. The first-order valence-electron chi connectivity index (χ1n) is 21.0. The number of rotatable bonds is 34. The zero-order valence-corrected chi connectivity index (χ0v) is 34.4. The van der Waals surface area contributed by atoms with Gasteiger partial charge in [-0.25, -0.2) is 4.18 Å². The number of amides is 1. The van der Waals surface area contributed by atoms with E-state index in [1.165, 1.54) is 70.3 Å². The van der Waals surface area contributed by atoms with Crippen LogP contribution in [0.1, 0.15) is 155 Å². The van der Waals surface area contributed by atoms with Gasteiger partial charge in [0.25, 0.3) is 0 Å². The monoisotopic (exact) mass is 806 g/mol. The van der Waals surface area contributed by atoms with Gasteiger partial charge in [0.05, 0.1) is 25.4 Å². The van der Waals surface area contributed by atoms with Crippen molar-refractivity contribution >= 4 is 16.3 Å². The first-order valence-corrected chi connectivity index (χ1v) is 22.3. The Morgan fingerprint density at radius 1 is 0.745 bits per heavy atom. The summed E-state index contributed by atoms with van der Waals surface area (Å²) in [7, 11) is -5.11. The number of hydrogen-bond donors (Lipinski definition) is 7. The number of aliphatic hydroxyl groups excluding tert-OH is 5. The SMILES string of the molecule is CCCC/C=C/C(O)C(COC1OC(CO)C(O)C(OS(=O)(=O)O)C1O)NC(=O)C(O)CCCCCCCC/C=C\C/C=C\CCCCCCCCCCC. The summed E-state index contributed by atoms with van der Waals surface area (Å²) in [6, 6.07) is -1.12.